The van der Waals surface area contributed by atoms with Gasteiger partial charge in [-0.1, -0.05) is 13.8 Å². The van der Waals surface area contributed by atoms with Crippen LogP contribution in [0.25, 0.3) is 0 Å². The second kappa shape index (κ2) is 5.19. The van der Waals surface area contributed by atoms with E-state index in [9.17, 15) is 8.42 Å². The molecule has 1 aromatic carbocycles. The minimum atomic E-state index is -3.49. The molecule has 4 nitrogen and oxygen atoms in total. The molecule has 0 saturated heterocycles. The summed E-state index contributed by atoms with van der Waals surface area (Å²) < 4.78 is 27.3. The van der Waals surface area contributed by atoms with E-state index >= 15 is 0 Å². The lowest BCUT2D eigenvalue weighted by Gasteiger charge is -2.20. The molecule has 1 N–H and O–H groups in total. The Kier molecular flexibility index (Phi) is 3.90. The molecule has 1 aliphatic carbocycles. The third-order valence-electron chi connectivity index (χ3n) is 4.36. The Morgan fingerprint density at radius 1 is 1.40 bits per heavy atom. The van der Waals surface area contributed by atoms with Crippen molar-refractivity contribution in [1.82, 2.24) is 4.72 Å². The number of nitrogens with one attached hydrogen (secondary N) is 1. The zero-order valence-electron chi connectivity index (χ0n) is 12.1. The van der Waals surface area contributed by atoms with Crippen molar-refractivity contribution in [2.45, 2.75) is 38.5 Å². The van der Waals surface area contributed by atoms with E-state index in [1.54, 1.807) is 19.1 Å². The first-order chi connectivity index (χ1) is 9.31. The summed E-state index contributed by atoms with van der Waals surface area (Å²) in [6.07, 6.45) is 2.17. The fourth-order valence-electron chi connectivity index (χ4n) is 2.37. The van der Waals surface area contributed by atoms with Gasteiger partial charge in [0.25, 0.3) is 0 Å². The van der Waals surface area contributed by atoms with Crippen molar-refractivity contribution in [3.05, 3.63) is 29.3 Å². The van der Waals surface area contributed by atoms with E-state index in [0.29, 0.717) is 23.6 Å². The lowest BCUT2D eigenvalue weighted by atomic mass is 9.93. The number of hydrogen-bond donors (Lipinski definition) is 1. The lowest BCUT2D eigenvalue weighted by molar-refractivity contribution is 0.357. The first kappa shape index (κ1) is 15.0. The summed E-state index contributed by atoms with van der Waals surface area (Å²) >= 11 is 0. The summed E-state index contributed by atoms with van der Waals surface area (Å²) in [5, 5.41) is 8.88. The van der Waals surface area contributed by atoms with Gasteiger partial charge in [0.2, 0.25) is 10.0 Å². The van der Waals surface area contributed by atoms with Crippen LogP contribution in [0.5, 0.6) is 0 Å². The van der Waals surface area contributed by atoms with Crippen LogP contribution in [-0.2, 0) is 10.0 Å². The monoisotopic (exact) mass is 292 g/mol. The minimum Gasteiger partial charge on any atom is -0.211 e. The number of benzene rings is 1. The molecule has 0 heterocycles. The van der Waals surface area contributed by atoms with Gasteiger partial charge >= 0.3 is 0 Å². The second-order valence-corrected chi connectivity index (χ2v) is 7.70. The molecule has 0 amide bonds. The van der Waals surface area contributed by atoms with Gasteiger partial charge in [-0.2, -0.15) is 5.26 Å². The molecule has 0 spiro atoms. The van der Waals surface area contributed by atoms with Gasteiger partial charge in [0, 0.05) is 6.54 Å². The normalized spacial score (nSPS) is 16.9. The highest BCUT2D eigenvalue weighted by molar-refractivity contribution is 7.89. The van der Waals surface area contributed by atoms with E-state index in [1.807, 2.05) is 6.07 Å². The Bertz CT molecular complexity index is 653. The molecule has 20 heavy (non-hydrogen) atoms. The molecule has 1 aliphatic rings. The van der Waals surface area contributed by atoms with Crippen LogP contribution < -0.4 is 4.72 Å². The average molecular weight is 292 g/mol. The van der Waals surface area contributed by atoms with Crippen LogP contribution in [0.1, 0.15) is 37.8 Å². The fraction of sp³-hybridized carbons (Fsp3) is 0.533. The number of sulfonamides is 1. The lowest BCUT2D eigenvalue weighted by Crippen LogP contribution is -2.32. The number of nitriles is 1. The minimum absolute atomic E-state index is 0.134. The van der Waals surface area contributed by atoms with Gasteiger partial charge in [-0.05, 0) is 54.9 Å². The van der Waals surface area contributed by atoms with Gasteiger partial charge < -0.3 is 0 Å². The summed E-state index contributed by atoms with van der Waals surface area (Å²) in [6, 6.07) is 6.63. The summed E-state index contributed by atoms with van der Waals surface area (Å²) in [5.41, 5.74) is 1.32. The largest absolute Gasteiger partial charge is 0.240 e. The smallest absolute Gasteiger partial charge is 0.211 e. The number of aryl methyl sites for hydroxylation is 1. The van der Waals surface area contributed by atoms with Crippen molar-refractivity contribution in [2.75, 3.05) is 6.54 Å². The molecule has 1 aromatic rings. The topological polar surface area (TPSA) is 70.0 Å². The SMILES string of the molecule is Cc1cc(S(=O)(=O)NCC2(C(C)C)CC2)ccc1C#N. The van der Waals surface area contributed by atoms with Crippen LogP contribution in [0.4, 0.5) is 0 Å². The molecule has 2 rings (SSSR count). The van der Waals surface area contributed by atoms with Crippen molar-refractivity contribution in [2.24, 2.45) is 11.3 Å². The van der Waals surface area contributed by atoms with Crippen molar-refractivity contribution < 1.29 is 8.42 Å². The number of nitrogens with zero attached hydrogens (tertiary/aromatic N) is 1. The zero-order chi connectivity index (χ0) is 15.0. The number of rotatable bonds is 5. The molecular weight excluding hydrogens is 272 g/mol. The first-order valence-electron chi connectivity index (χ1n) is 6.81. The summed E-state index contributed by atoms with van der Waals surface area (Å²) in [4.78, 5) is 0.230. The molecule has 0 radical (unpaired) electrons. The van der Waals surface area contributed by atoms with Crippen molar-refractivity contribution >= 4 is 10.0 Å². The molecule has 0 bridgehead atoms. The Morgan fingerprint density at radius 2 is 2.05 bits per heavy atom. The molecule has 5 heteroatoms. The van der Waals surface area contributed by atoms with E-state index in [1.165, 1.54) is 6.07 Å². The number of hydrogen-bond acceptors (Lipinski definition) is 3. The van der Waals surface area contributed by atoms with Crippen LogP contribution in [0.3, 0.4) is 0 Å². The van der Waals surface area contributed by atoms with Gasteiger partial charge in [-0.15, -0.1) is 0 Å². The van der Waals surface area contributed by atoms with Crippen molar-refractivity contribution in [3.63, 3.8) is 0 Å². The third kappa shape index (κ3) is 2.87. The highest BCUT2D eigenvalue weighted by Gasteiger charge is 2.45. The van der Waals surface area contributed by atoms with Gasteiger partial charge in [0.05, 0.1) is 16.5 Å². The fourth-order valence-corrected chi connectivity index (χ4v) is 3.59. The van der Waals surface area contributed by atoms with Crippen LogP contribution in [0.15, 0.2) is 23.1 Å². The molecule has 1 fully saturated rings. The third-order valence-corrected chi connectivity index (χ3v) is 5.76. The highest BCUT2D eigenvalue weighted by atomic mass is 32.2. The molecular formula is C15H20N2O2S. The first-order valence-corrected chi connectivity index (χ1v) is 8.29. The van der Waals surface area contributed by atoms with Crippen molar-refractivity contribution in [1.29, 1.82) is 5.26 Å². The Morgan fingerprint density at radius 3 is 2.50 bits per heavy atom. The molecule has 0 aromatic heterocycles. The van der Waals surface area contributed by atoms with Crippen LogP contribution >= 0.6 is 0 Å². The van der Waals surface area contributed by atoms with E-state index < -0.39 is 10.0 Å². The molecule has 0 unspecified atom stereocenters. The Labute approximate surface area is 120 Å². The summed E-state index contributed by atoms with van der Waals surface area (Å²) in [6.45, 7) is 6.50. The van der Waals surface area contributed by atoms with Gasteiger partial charge in [0.1, 0.15) is 0 Å². The van der Waals surface area contributed by atoms with Gasteiger partial charge in [-0.25, -0.2) is 13.1 Å². The molecule has 0 atom stereocenters. The van der Waals surface area contributed by atoms with Crippen LogP contribution in [0, 0.1) is 29.6 Å². The zero-order valence-corrected chi connectivity index (χ0v) is 12.9. The summed E-state index contributed by atoms with van der Waals surface area (Å²) in [5.74, 6) is 0.480. The van der Waals surface area contributed by atoms with E-state index in [2.05, 4.69) is 18.6 Å². The van der Waals surface area contributed by atoms with Crippen molar-refractivity contribution in [3.8, 4) is 6.07 Å². The second-order valence-electron chi connectivity index (χ2n) is 5.93. The predicted molar refractivity (Wildman–Crippen MR) is 77.6 cm³/mol. The van der Waals surface area contributed by atoms with E-state index in [0.717, 1.165) is 12.8 Å². The maximum Gasteiger partial charge on any atom is 0.240 e. The van der Waals surface area contributed by atoms with Gasteiger partial charge in [-0.3, -0.25) is 0 Å². The Hall–Kier alpha value is -1.38. The molecule has 0 aliphatic heterocycles. The van der Waals surface area contributed by atoms with Gasteiger partial charge in [0.15, 0.2) is 0 Å². The van der Waals surface area contributed by atoms with E-state index in [4.69, 9.17) is 5.26 Å². The van der Waals surface area contributed by atoms with Crippen LogP contribution in [-0.4, -0.2) is 15.0 Å². The summed E-state index contributed by atoms with van der Waals surface area (Å²) in [7, 11) is -3.49. The van der Waals surface area contributed by atoms with E-state index in [-0.39, 0.29) is 10.3 Å². The maximum absolute atomic E-state index is 12.3. The molecule has 108 valence electrons. The molecule has 1 saturated carbocycles. The average Bonchev–Trinajstić information content (AvgIpc) is 3.17. The van der Waals surface area contributed by atoms with Crippen LogP contribution in [0.2, 0.25) is 0 Å². The standard InChI is InChI=1S/C15H20N2O2S/c1-11(2)15(6-7-15)10-17-20(18,19)14-5-4-13(9-16)12(3)8-14/h4-5,8,11,17H,6-7,10H2,1-3H3. The quantitative estimate of drug-likeness (QED) is 0.906. The Balaban J connectivity index is 2.15. The maximum atomic E-state index is 12.3. The highest BCUT2D eigenvalue weighted by Crippen LogP contribution is 2.51. The predicted octanol–water partition coefficient (Wildman–Crippen LogP) is 2.58.